The van der Waals surface area contributed by atoms with Crippen LogP contribution in [0.25, 0.3) is 0 Å². The normalized spacial score (nSPS) is 11.6. The third-order valence-electron chi connectivity index (χ3n) is 3.75. The van der Waals surface area contributed by atoms with Crippen molar-refractivity contribution in [3.05, 3.63) is 10.8 Å². The quantitative estimate of drug-likeness (QED) is 0.683. The van der Waals surface area contributed by atoms with Crippen LogP contribution in [0.5, 0.6) is 0 Å². The maximum absolute atomic E-state index is 4.69. The van der Waals surface area contributed by atoms with E-state index in [9.17, 15) is 0 Å². The Balaban J connectivity index is 2.52. The number of aromatic nitrogens is 2. The predicted octanol–water partition coefficient (Wildman–Crippen LogP) is 4.50. The van der Waals surface area contributed by atoms with Crippen molar-refractivity contribution in [2.24, 2.45) is 11.8 Å². The molecule has 0 fully saturated rings. The van der Waals surface area contributed by atoms with Crippen molar-refractivity contribution in [2.45, 2.75) is 66.2 Å². The van der Waals surface area contributed by atoms with Gasteiger partial charge in [0.1, 0.15) is 10.8 Å². The first-order valence-corrected chi connectivity index (χ1v) is 7.82. The van der Waals surface area contributed by atoms with Crippen molar-refractivity contribution >= 4 is 11.5 Å². The fourth-order valence-corrected chi connectivity index (χ4v) is 2.90. The van der Waals surface area contributed by atoms with Crippen LogP contribution in [-0.2, 0) is 12.8 Å². The van der Waals surface area contributed by atoms with E-state index >= 15 is 0 Å². The highest BCUT2D eigenvalue weighted by atomic mass is 32.1. The lowest BCUT2D eigenvalue weighted by Crippen LogP contribution is -2.04. The summed E-state index contributed by atoms with van der Waals surface area (Å²) in [6.07, 6.45) is 7.14. The Hall–Kier alpha value is -0.440. The molecule has 0 N–H and O–H groups in total. The fourth-order valence-electron chi connectivity index (χ4n) is 2.12. The molecule has 0 spiro atoms. The molecule has 0 saturated carbocycles. The lowest BCUT2D eigenvalue weighted by atomic mass is 9.99. The minimum Gasteiger partial charge on any atom is -0.225 e. The van der Waals surface area contributed by atoms with E-state index in [4.69, 9.17) is 0 Å². The van der Waals surface area contributed by atoms with E-state index in [-0.39, 0.29) is 0 Å². The molecule has 3 heteroatoms. The van der Waals surface area contributed by atoms with E-state index in [1.54, 1.807) is 11.5 Å². The smallest absolute Gasteiger partial charge is 0.142 e. The molecule has 0 unspecified atom stereocenters. The van der Waals surface area contributed by atoms with Crippen LogP contribution in [0.3, 0.4) is 0 Å². The summed E-state index contributed by atoms with van der Waals surface area (Å²) in [5, 5.41) is 1.24. The van der Waals surface area contributed by atoms with Gasteiger partial charge in [0, 0.05) is 12.8 Å². The second kappa shape index (κ2) is 7.80. The predicted molar refractivity (Wildman–Crippen MR) is 75.5 cm³/mol. The van der Waals surface area contributed by atoms with Crippen LogP contribution in [0, 0.1) is 11.8 Å². The molecule has 98 valence electrons. The van der Waals surface area contributed by atoms with Gasteiger partial charge in [-0.25, -0.2) is 4.98 Å². The van der Waals surface area contributed by atoms with Crippen LogP contribution in [-0.4, -0.2) is 9.36 Å². The Bertz CT molecular complexity index is 272. The highest BCUT2D eigenvalue weighted by Gasteiger charge is 2.12. The first kappa shape index (κ1) is 14.6. The standard InChI is InChI=1S/C14H26N2S/c1-5-11(6-2)9-13-15-14(17-16-13)10-12(7-3)8-4/h11-12H,5-10H2,1-4H3. The van der Waals surface area contributed by atoms with E-state index < -0.39 is 0 Å². The molecule has 0 aliphatic rings. The lowest BCUT2D eigenvalue weighted by Gasteiger charge is -2.09. The molecule has 0 saturated heterocycles. The monoisotopic (exact) mass is 254 g/mol. The summed E-state index contributed by atoms with van der Waals surface area (Å²) in [5.41, 5.74) is 0. The molecule has 1 aromatic heterocycles. The Morgan fingerprint density at radius 3 is 1.94 bits per heavy atom. The highest BCUT2D eigenvalue weighted by molar-refractivity contribution is 7.05. The van der Waals surface area contributed by atoms with E-state index in [2.05, 4.69) is 37.1 Å². The maximum atomic E-state index is 4.69. The van der Waals surface area contributed by atoms with Crippen molar-refractivity contribution in [1.29, 1.82) is 0 Å². The van der Waals surface area contributed by atoms with Gasteiger partial charge in [0.25, 0.3) is 0 Å². The Morgan fingerprint density at radius 1 is 0.882 bits per heavy atom. The first-order valence-electron chi connectivity index (χ1n) is 7.04. The van der Waals surface area contributed by atoms with Crippen LogP contribution >= 0.6 is 11.5 Å². The fraction of sp³-hybridized carbons (Fsp3) is 0.857. The summed E-state index contributed by atoms with van der Waals surface area (Å²) in [4.78, 5) is 4.69. The number of rotatable bonds is 8. The van der Waals surface area contributed by atoms with Gasteiger partial charge in [-0.15, -0.1) is 0 Å². The molecule has 0 aliphatic carbocycles. The van der Waals surface area contributed by atoms with Crippen molar-refractivity contribution < 1.29 is 0 Å². The zero-order chi connectivity index (χ0) is 12.7. The lowest BCUT2D eigenvalue weighted by molar-refractivity contribution is 0.475. The summed E-state index contributed by atoms with van der Waals surface area (Å²) in [6, 6.07) is 0. The maximum Gasteiger partial charge on any atom is 0.142 e. The van der Waals surface area contributed by atoms with Gasteiger partial charge in [0.15, 0.2) is 0 Å². The van der Waals surface area contributed by atoms with Crippen LogP contribution in [0.4, 0.5) is 0 Å². The number of hydrogen-bond donors (Lipinski definition) is 0. The Labute approximate surface area is 110 Å². The van der Waals surface area contributed by atoms with Gasteiger partial charge in [0.2, 0.25) is 0 Å². The minimum atomic E-state index is 0.755. The second-order valence-corrected chi connectivity index (χ2v) is 5.71. The van der Waals surface area contributed by atoms with Gasteiger partial charge < -0.3 is 0 Å². The van der Waals surface area contributed by atoms with Crippen LogP contribution in [0.15, 0.2) is 0 Å². The van der Waals surface area contributed by atoms with Crippen molar-refractivity contribution in [3.63, 3.8) is 0 Å². The third-order valence-corrected chi connectivity index (χ3v) is 4.52. The molecule has 0 aromatic carbocycles. The first-order chi connectivity index (χ1) is 8.23. The van der Waals surface area contributed by atoms with E-state index in [0.717, 1.165) is 30.5 Å². The molecule has 0 atom stereocenters. The van der Waals surface area contributed by atoms with Crippen molar-refractivity contribution in [2.75, 3.05) is 0 Å². The molecule has 0 bridgehead atoms. The Morgan fingerprint density at radius 2 is 1.41 bits per heavy atom. The van der Waals surface area contributed by atoms with Gasteiger partial charge in [-0.05, 0) is 23.4 Å². The average molecular weight is 254 g/mol. The van der Waals surface area contributed by atoms with Crippen LogP contribution in [0.2, 0.25) is 0 Å². The molecule has 0 radical (unpaired) electrons. The molecule has 17 heavy (non-hydrogen) atoms. The van der Waals surface area contributed by atoms with Gasteiger partial charge >= 0.3 is 0 Å². The van der Waals surface area contributed by atoms with E-state index in [1.165, 1.54) is 30.7 Å². The zero-order valence-corrected chi connectivity index (χ0v) is 12.5. The summed E-state index contributed by atoms with van der Waals surface area (Å²) in [5.74, 6) is 2.61. The van der Waals surface area contributed by atoms with Crippen molar-refractivity contribution in [3.8, 4) is 0 Å². The summed E-state index contributed by atoms with van der Waals surface area (Å²) >= 11 is 1.61. The average Bonchev–Trinajstić information content (AvgIpc) is 2.80. The SMILES string of the molecule is CCC(CC)Cc1nsc(CC(CC)CC)n1. The van der Waals surface area contributed by atoms with E-state index in [0.29, 0.717) is 0 Å². The highest BCUT2D eigenvalue weighted by Crippen LogP contribution is 2.19. The zero-order valence-electron chi connectivity index (χ0n) is 11.7. The minimum absolute atomic E-state index is 0.755. The van der Waals surface area contributed by atoms with Gasteiger partial charge in [-0.3, -0.25) is 0 Å². The van der Waals surface area contributed by atoms with E-state index in [1.807, 2.05) is 0 Å². The molecule has 1 heterocycles. The molecule has 1 rings (SSSR count). The summed E-state index contributed by atoms with van der Waals surface area (Å²) in [7, 11) is 0. The molecular formula is C14H26N2S. The topological polar surface area (TPSA) is 25.8 Å². The molecular weight excluding hydrogens is 228 g/mol. The summed E-state index contributed by atoms with van der Waals surface area (Å²) in [6.45, 7) is 9.04. The van der Waals surface area contributed by atoms with Crippen LogP contribution in [0.1, 0.15) is 64.2 Å². The molecule has 0 amide bonds. The second-order valence-electron chi connectivity index (χ2n) is 4.88. The van der Waals surface area contributed by atoms with Crippen LogP contribution < -0.4 is 0 Å². The van der Waals surface area contributed by atoms with Gasteiger partial charge in [-0.2, -0.15) is 4.37 Å². The number of nitrogens with zero attached hydrogens (tertiary/aromatic N) is 2. The van der Waals surface area contributed by atoms with Gasteiger partial charge in [0.05, 0.1) is 0 Å². The molecule has 2 nitrogen and oxygen atoms in total. The Kier molecular flexibility index (Phi) is 6.71. The van der Waals surface area contributed by atoms with Gasteiger partial charge in [-0.1, -0.05) is 53.4 Å². The summed E-state index contributed by atoms with van der Waals surface area (Å²) < 4.78 is 4.50. The number of hydrogen-bond acceptors (Lipinski definition) is 3. The third kappa shape index (κ3) is 4.74. The molecule has 1 aromatic rings. The molecule has 0 aliphatic heterocycles. The largest absolute Gasteiger partial charge is 0.225 e. The van der Waals surface area contributed by atoms with Crippen molar-refractivity contribution in [1.82, 2.24) is 9.36 Å².